The number of methoxy groups -OCH3 is 1. The minimum atomic E-state index is -0.889. The average molecular weight is 465 g/mol. The summed E-state index contributed by atoms with van der Waals surface area (Å²) >= 11 is 2.27. The van der Waals surface area contributed by atoms with Gasteiger partial charge in [-0.05, 0) is 18.6 Å². The lowest BCUT2D eigenvalue weighted by molar-refractivity contribution is -0.136. The Morgan fingerprint density at radius 3 is 2.87 bits per heavy atom. The van der Waals surface area contributed by atoms with Crippen molar-refractivity contribution >= 4 is 51.7 Å². The number of aromatic nitrogens is 2. The van der Waals surface area contributed by atoms with Crippen molar-refractivity contribution in [3.63, 3.8) is 0 Å². The monoisotopic (exact) mass is 464 g/mol. The third kappa shape index (κ3) is 5.73. The Morgan fingerprint density at radius 1 is 1.39 bits per heavy atom. The predicted octanol–water partition coefficient (Wildman–Crippen LogP) is 3.27. The van der Waals surface area contributed by atoms with E-state index in [1.54, 1.807) is 17.0 Å². The number of carboxylic acid groups (broad SMARTS) is 1. The quantitative estimate of drug-likeness (QED) is 0.406. The Hall–Kier alpha value is -2.66. The maximum absolute atomic E-state index is 12.7. The molecule has 0 radical (unpaired) electrons. The van der Waals surface area contributed by atoms with Crippen LogP contribution in [0.15, 0.2) is 28.6 Å². The van der Waals surface area contributed by atoms with Crippen molar-refractivity contribution in [2.75, 3.05) is 23.9 Å². The van der Waals surface area contributed by atoms with E-state index in [1.807, 2.05) is 19.1 Å². The van der Waals surface area contributed by atoms with Gasteiger partial charge >= 0.3 is 5.97 Å². The zero-order chi connectivity index (χ0) is 22.4. The van der Waals surface area contributed by atoms with E-state index in [-0.39, 0.29) is 29.9 Å². The first-order valence-electron chi connectivity index (χ1n) is 9.90. The molecule has 31 heavy (non-hydrogen) atoms. The third-order valence-corrected chi connectivity index (χ3v) is 7.02. The van der Waals surface area contributed by atoms with Crippen LogP contribution in [0.2, 0.25) is 0 Å². The first kappa shape index (κ1) is 23.0. The first-order chi connectivity index (χ1) is 14.9. The molecule has 1 aliphatic rings. The summed E-state index contributed by atoms with van der Waals surface area (Å²) in [5, 5.41) is 19.7. The fourth-order valence-electron chi connectivity index (χ4n) is 3.23. The fraction of sp³-hybridized carbons (Fsp3) is 0.450. The number of carbonyl (C=O) groups excluding carboxylic acids is 2. The number of anilines is 2. The van der Waals surface area contributed by atoms with Gasteiger partial charge in [0, 0.05) is 13.0 Å². The van der Waals surface area contributed by atoms with E-state index in [2.05, 4.69) is 15.5 Å². The molecule has 2 N–H and O–H groups in total. The van der Waals surface area contributed by atoms with Crippen LogP contribution in [-0.4, -0.2) is 52.0 Å². The third-order valence-electron chi connectivity index (χ3n) is 4.85. The SMILES string of the molecule is CCCC[C@@H](Sc1nnc(NC(=O)[C@H]2CC(=O)N(c3ccccc3OC)C2)s1)C(=O)O. The second-order valence-electron chi connectivity index (χ2n) is 7.03. The summed E-state index contributed by atoms with van der Waals surface area (Å²) in [7, 11) is 1.53. The molecule has 2 amide bonds. The molecule has 3 rings (SSSR count). The van der Waals surface area contributed by atoms with Gasteiger partial charge in [-0.3, -0.25) is 14.4 Å². The van der Waals surface area contributed by atoms with Crippen molar-refractivity contribution in [2.24, 2.45) is 5.92 Å². The molecule has 11 heteroatoms. The molecule has 2 heterocycles. The number of hydrogen-bond donors (Lipinski definition) is 2. The highest BCUT2D eigenvalue weighted by molar-refractivity contribution is 8.02. The van der Waals surface area contributed by atoms with Gasteiger partial charge in [-0.2, -0.15) is 0 Å². The van der Waals surface area contributed by atoms with Gasteiger partial charge in [0.1, 0.15) is 11.0 Å². The molecule has 9 nitrogen and oxygen atoms in total. The topological polar surface area (TPSA) is 122 Å². The van der Waals surface area contributed by atoms with Crippen LogP contribution >= 0.6 is 23.1 Å². The zero-order valence-electron chi connectivity index (χ0n) is 17.2. The molecule has 2 aromatic rings. The van der Waals surface area contributed by atoms with Crippen molar-refractivity contribution in [3.8, 4) is 5.75 Å². The number of amides is 2. The molecule has 1 aliphatic heterocycles. The van der Waals surface area contributed by atoms with E-state index >= 15 is 0 Å². The van der Waals surface area contributed by atoms with Gasteiger partial charge < -0.3 is 20.1 Å². The summed E-state index contributed by atoms with van der Waals surface area (Å²) in [6.45, 7) is 2.24. The van der Waals surface area contributed by atoms with Crippen LogP contribution in [0.4, 0.5) is 10.8 Å². The molecule has 0 spiro atoms. The Bertz CT molecular complexity index is 951. The number of aliphatic carboxylic acids is 1. The van der Waals surface area contributed by atoms with Gasteiger partial charge in [0.15, 0.2) is 4.34 Å². The summed E-state index contributed by atoms with van der Waals surface area (Å²) in [4.78, 5) is 38.1. The van der Waals surface area contributed by atoms with Crippen LogP contribution in [0.25, 0.3) is 0 Å². The van der Waals surface area contributed by atoms with Crippen molar-refractivity contribution in [2.45, 2.75) is 42.2 Å². The largest absolute Gasteiger partial charge is 0.495 e. The molecule has 1 aromatic heterocycles. The van der Waals surface area contributed by atoms with Gasteiger partial charge in [-0.25, -0.2) is 0 Å². The number of benzene rings is 1. The molecule has 0 bridgehead atoms. The first-order valence-corrected chi connectivity index (χ1v) is 11.6. The number of thioether (sulfide) groups is 1. The number of nitrogens with zero attached hydrogens (tertiary/aromatic N) is 3. The molecule has 1 aromatic carbocycles. The van der Waals surface area contributed by atoms with Crippen LogP contribution < -0.4 is 15.0 Å². The molecule has 1 saturated heterocycles. The lowest BCUT2D eigenvalue weighted by Gasteiger charge is -2.19. The standard InChI is InChI=1S/C20H24N4O5S2/c1-3-4-9-15(18(27)28)30-20-23-22-19(31-20)21-17(26)12-10-16(25)24(11-12)13-7-5-6-8-14(13)29-2/h5-8,12,15H,3-4,9-11H2,1-2H3,(H,27,28)(H,21,22,26)/t12-,15+/m0/s1. The van der Waals surface area contributed by atoms with Gasteiger partial charge in [0.25, 0.3) is 0 Å². The Labute approximate surface area is 188 Å². The fourth-order valence-corrected chi connectivity index (χ4v) is 5.20. The van der Waals surface area contributed by atoms with Gasteiger partial charge in [-0.1, -0.05) is 55.0 Å². The number of hydrogen-bond acceptors (Lipinski definition) is 8. The van der Waals surface area contributed by atoms with Gasteiger partial charge in [0.05, 0.1) is 18.7 Å². The highest BCUT2D eigenvalue weighted by Crippen LogP contribution is 2.34. The second kappa shape index (κ2) is 10.6. The van der Waals surface area contributed by atoms with Crippen molar-refractivity contribution in [1.82, 2.24) is 10.2 Å². The number of carboxylic acids is 1. The van der Waals surface area contributed by atoms with Crippen LogP contribution in [0.3, 0.4) is 0 Å². The van der Waals surface area contributed by atoms with E-state index in [1.165, 1.54) is 7.11 Å². The van der Waals surface area contributed by atoms with Gasteiger partial charge in [0.2, 0.25) is 16.9 Å². The van der Waals surface area contributed by atoms with E-state index in [0.717, 1.165) is 35.9 Å². The van der Waals surface area contributed by atoms with Crippen LogP contribution in [-0.2, 0) is 14.4 Å². The molecular weight excluding hydrogens is 440 g/mol. The number of para-hydroxylation sites is 2. The predicted molar refractivity (Wildman–Crippen MR) is 119 cm³/mol. The van der Waals surface area contributed by atoms with Crippen LogP contribution in [0.1, 0.15) is 32.6 Å². The number of nitrogens with one attached hydrogen (secondary N) is 1. The molecule has 1 fully saturated rings. The minimum absolute atomic E-state index is 0.0857. The minimum Gasteiger partial charge on any atom is -0.495 e. The number of ether oxygens (including phenoxy) is 1. The molecule has 0 aliphatic carbocycles. The molecule has 0 saturated carbocycles. The molecule has 0 unspecified atom stereocenters. The summed E-state index contributed by atoms with van der Waals surface area (Å²) in [6, 6.07) is 7.17. The molecular formula is C20H24N4O5S2. The van der Waals surface area contributed by atoms with E-state index in [4.69, 9.17) is 4.74 Å². The van der Waals surface area contributed by atoms with E-state index in [0.29, 0.717) is 22.2 Å². The maximum atomic E-state index is 12.7. The van der Waals surface area contributed by atoms with Crippen LogP contribution in [0.5, 0.6) is 5.75 Å². The Morgan fingerprint density at radius 2 is 2.16 bits per heavy atom. The lowest BCUT2D eigenvalue weighted by Crippen LogP contribution is -2.28. The zero-order valence-corrected chi connectivity index (χ0v) is 18.9. The number of unbranched alkanes of at least 4 members (excludes halogenated alkanes) is 1. The average Bonchev–Trinajstić information content (AvgIpc) is 3.37. The summed E-state index contributed by atoms with van der Waals surface area (Å²) in [6.07, 6.45) is 2.35. The Kier molecular flexibility index (Phi) is 7.85. The second-order valence-corrected chi connectivity index (χ2v) is 9.45. The summed E-state index contributed by atoms with van der Waals surface area (Å²) < 4.78 is 5.80. The van der Waals surface area contributed by atoms with Crippen LogP contribution in [0, 0.1) is 5.92 Å². The summed E-state index contributed by atoms with van der Waals surface area (Å²) in [5.41, 5.74) is 0.631. The number of rotatable bonds is 10. The van der Waals surface area contributed by atoms with E-state index in [9.17, 15) is 19.5 Å². The van der Waals surface area contributed by atoms with Crippen molar-refractivity contribution < 1.29 is 24.2 Å². The molecule has 2 atom stereocenters. The van der Waals surface area contributed by atoms with E-state index < -0.39 is 17.1 Å². The lowest BCUT2D eigenvalue weighted by atomic mass is 10.1. The van der Waals surface area contributed by atoms with Crippen molar-refractivity contribution in [1.29, 1.82) is 0 Å². The highest BCUT2D eigenvalue weighted by Gasteiger charge is 2.36. The normalized spacial score (nSPS) is 16.9. The van der Waals surface area contributed by atoms with Gasteiger partial charge in [-0.15, -0.1) is 10.2 Å². The maximum Gasteiger partial charge on any atom is 0.317 e. The Balaban J connectivity index is 1.61. The number of carbonyl (C=O) groups is 3. The van der Waals surface area contributed by atoms with Crippen molar-refractivity contribution in [3.05, 3.63) is 24.3 Å². The summed E-state index contributed by atoms with van der Waals surface area (Å²) in [5.74, 6) is -1.33. The molecule has 166 valence electrons. The highest BCUT2D eigenvalue weighted by atomic mass is 32.2. The smallest absolute Gasteiger partial charge is 0.317 e.